The number of halogens is 4. The van der Waals surface area contributed by atoms with Crippen molar-refractivity contribution in [1.82, 2.24) is 0 Å². The first-order valence-electron chi connectivity index (χ1n) is 5.53. The highest BCUT2D eigenvalue weighted by atomic mass is 79.9. The van der Waals surface area contributed by atoms with Crippen molar-refractivity contribution in [2.24, 2.45) is 0 Å². The molecule has 0 fully saturated rings. The van der Waals surface area contributed by atoms with E-state index in [0.717, 1.165) is 5.56 Å². The van der Waals surface area contributed by atoms with Gasteiger partial charge in [0.15, 0.2) is 5.75 Å². The second-order valence-corrected chi connectivity index (χ2v) is 6.00. The van der Waals surface area contributed by atoms with Crippen LogP contribution in [0.5, 0.6) is 5.75 Å². The Bertz CT molecular complexity index is 618. The largest absolute Gasteiger partial charge is 0.486 e. The first kappa shape index (κ1) is 15.6. The number of ether oxygens (including phenoxy) is 1. The van der Waals surface area contributed by atoms with Gasteiger partial charge >= 0.3 is 0 Å². The molecule has 0 bridgehead atoms. The van der Waals surface area contributed by atoms with Crippen molar-refractivity contribution >= 4 is 56.0 Å². The van der Waals surface area contributed by atoms with Gasteiger partial charge in [0, 0.05) is 10.6 Å². The summed E-state index contributed by atoms with van der Waals surface area (Å²) in [4.78, 5) is 11.1. The van der Waals surface area contributed by atoms with E-state index in [2.05, 4.69) is 15.9 Å². The molecule has 0 aromatic heterocycles. The van der Waals surface area contributed by atoms with Crippen LogP contribution in [0, 0.1) is 0 Å². The summed E-state index contributed by atoms with van der Waals surface area (Å²) in [7, 11) is 0. The number of rotatable bonds is 4. The van der Waals surface area contributed by atoms with E-state index in [9.17, 15) is 4.79 Å². The Hall–Kier alpha value is -0.740. The lowest BCUT2D eigenvalue weighted by Crippen LogP contribution is -1.98. The molecule has 0 amide bonds. The number of carbonyl (C=O) groups excluding carboxylic acids is 1. The summed E-state index contributed by atoms with van der Waals surface area (Å²) in [6, 6.07) is 10.3. The minimum atomic E-state index is -0.572. The second-order valence-electron chi connectivity index (χ2n) is 3.96. The highest BCUT2D eigenvalue weighted by Crippen LogP contribution is 2.35. The van der Waals surface area contributed by atoms with Crippen molar-refractivity contribution in [3.8, 4) is 5.75 Å². The van der Waals surface area contributed by atoms with Crippen molar-refractivity contribution in [2.45, 2.75) is 6.61 Å². The van der Waals surface area contributed by atoms with Gasteiger partial charge in [-0.3, -0.25) is 4.79 Å². The summed E-state index contributed by atoms with van der Waals surface area (Å²) in [5.41, 5.74) is 1.26. The maximum atomic E-state index is 11.1. The van der Waals surface area contributed by atoms with E-state index in [-0.39, 0.29) is 0 Å². The monoisotopic (exact) mass is 392 g/mol. The van der Waals surface area contributed by atoms with E-state index in [1.807, 2.05) is 12.1 Å². The van der Waals surface area contributed by atoms with Crippen LogP contribution >= 0.6 is 50.7 Å². The minimum Gasteiger partial charge on any atom is -0.486 e. The van der Waals surface area contributed by atoms with Crippen LogP contribution in [0.1, 0.15) is 15.9 Å². The van der Waals surface area contributed by atoms with Gasteiger partial charge in [-0.25, -0.2) is 0 Å². The summed E-state index contributed by atoms with van der Waals surface area (Å²) in [5.74, 6) is 0.461. The maximum Gasteiger partial charge on any atom is 0.252 e. The van der Waals surface area contributed by atoms with Gasteiger partial charge in [-0.1, -0.05) is 35.3 Å². The molecule has 0 N–H and O–H groups in total. The fourth-order valence-electron chi connectivity index (χ4n) is 1.55. The van der Waals surface area contributed by atoms with Crippen LogP contribution in [-0.4, -0.2) is 5.24 Å². The van der Waals surface area contributed by atoms with Gasteiger partial charge in [-0.05, 0) is 57.4 Å². The van der Waals surface area contributed by atoms with Gasteiger partial charge in [-0.2, -0.15) is 0 Å². The van der Waals surface area contributed by atoms with Crippen LogP contribution < -0.4 is 4.74 Å². The lowest BCUT2D eigenvalue weighted by Gasteiger charge is -2.11. The highest BCUT2D eigenvalue weighted by molar-refractivity contribution is 9.10. The Labute approximate surface area is 139 Å². The predicted molar refractivity (Wildman–Crippen MR) is 85.1 cm³/mol. The third-order valence-corrected chi connectivity index (χ3v) is 3.86. The Morgan fingerprint density at radius 2 is 1.80 bits per heavy atom. The Kier molecular flexibility index (Phi) is 5.33. The average Bonchev–Trinajstić information content (AvgIpc) is 2.39. The molecule has 0 heterocycles. The van der Waals surface area contributed by atoms with Gasteiger partial charge in [0.1, 0.15) is 6.61 Å². The summed E-state index contributed by atoms with van der Waals surface area (Å²) >= 11 is 20.6. The molecular formula is C14H8BrCl3O2. The third kappa shape index (κ3) is 3.89. The first-order chi connectivity index (χ1) is 9.47. The zero-order valence-corrected chi connectivity index (χ0v) is 13.9. The molecule has 0 saturated heterocycles. The summed E-state index contributed by atoms with van der Waals surface area (Å²) in [6.07, 6.45) is 0. The zero-order chi connectivity index (χ0) is 14.7. The predicted octanol–water partition coefficient (Wildman–Crippen LogP) is 5.71. The number of hydrogen-bond acceptors (Lipinski definition) is 2. The van der Waals surface area contributed by atoms with E-state index in [1.165, 1.54) is 6.07 Å². The standard InChI is InChI=1S/C14H8BrCl3O2/c15-11-5-9(14(18)19)6-12(17)13(11)20-7-8-1-3-10(16)4-2-8/h1-6H,7H2. The van der Waals surface area contributed by atoms with Crippen LogP contribution in [0.2, 0.25) is 10.0 Å². The molecule has 2 nitrogen and oxygen atoms in total. The minimum absolute atomic E-state index is 0.308. The summed E-state index contributed by atoms with van der Waals surface area (Å²) < 4.78 is 6.22. The molecular weight excluding hydrogens is 386 g/mol. The quantitative estimate of drug-likeness (QED) is 0.621. The smallest absolute Gasteiger partial charge is 0.252 e. The van der Waals surface area contributed by atoms with Gasteiger partial charge in [0.2, 0.25) is 0 Å². The average molecular weight is 394 g/mol. The van der Waals surface area contributed by atoms with E-state index in [4.69, 9.17) is 39.5 Å². The number of benzene rings is 2. The molecule has 0 aliphatic carbocycles. The van der Waals surface area contributed by atoms with Gasteiger partial charge < -0.3 is 4.74 Å². The van der Waals surface area contributed by atoms with Crippen molar-refractivity contribution in [3.63, 3.8) is 0 Å². The molecule has 0 radical (unpaired) electrons. The van der Waals surface area contributed by atoms with E-state index < -0.39 is 5.24 Å². The summed E-state index contributed by atoms with van der Waals surface area (Å²) in [6.45, 7) is 0.337. The third-order valence-electron chi connectivity index (χ3n) is 2.52. The van der Waals surface area contributed by atoms with Crippen LogP contribution in [0.25, 0.3) is 0 Å². The first-order valence-corrected chi connectivity index (χ1v) is 7.46. The van der Waals surface area contributed by atoms with Gasteiger partial charge in [-0.15, -0.1) is 0 Å². The fourth-order valence-corrected chi connectivity index (χ4v) is 2.75. The molecule has 0 aliphatic heterocycles. The zero-order valence-electron chi connectivity index (χ0n) is 10.00. The summed E-state index contributed by atoms with van der Waals surface area (Å²) in [5, 5.41) is 0.409. The van der Waals surface area contributed by atoms with E-state index in [0.29, 0.717) is 32.4 Å². The lowest BCUT2D eigenvalue weighted by atomic mass is 10.2. The Morgan fingerprint density at radius 3 is 2.35 bits per heavy atom. The molecule has 2 rings (SSSR count). The van der Waals surface area contributed by atoms with Crippen molar-refractivity contribution in [3.05, 3.63) is 62.0 Å². The molecule has 6 heteroatoms. The fraction of sp³-hybridized carbons (Fsp3) is 0.0714. The molecule has 0 unspecified atom stereocenters. The second kappa shape index (κ2) is 6.81. The lowest BCUT2D eigenvalue weighted by molar-refractivity contribution is 0.108. The molecule has 0 spiro atoms. The molecule has 104 valence electrons. The SMILES string of the molecule is O=C(Cl)c1cc(Cl)c(OCc2ccc(Cl)cc2)c(Br)c1. The van der Waals surface area contributed by atoms with Crippen molar-refractivity contribution in [1.29, 1.82) is 0 Å². The number of hydrogen-bond donors (Lipinski definition) is 0. The molecule has 0 atom stereocenters. The number of carbonyl (C=O) groups is 1. The molecule has 0 aliphatic rings. The van der Waals surface area contributed by atoms with E-state index in [1.54, 1.807) is 18.2 Å². The molecule has 20 heavy (non-hydrogen) atoms. The van der Waals surface area contributed by atoms with Gasteiger partial charge in [0.25, 0.3) is 5.24 Å². The normalized spacial score (nSPS) is 10.4. The van der Waals surface area contributed by atoms with Gasteiger partial charge in [0.05, 0.1) is 9.50 Å². The molecule has 0 saturated carbocycles. The van der Waals surface area contributed by atoms with Crippen LogP contribution in [0.15, 0.2) is 40.9 Å². The van der Waals surface area contributed by atoms with Crippen molar-refractivity contribution < 1.29 is 9.53 Å². The van der Waals surface area contributed by atoms with Crippen LogP contribution in [-0.2, 0) is 6.61 Å². The van der Waals surface area contributed by atoms with E-state index >= 15 is 0 Å². The topological polar surface area (TPSA) is 26.3 Å². The van der Waals surface area contributed by atoms with Crippen LogP contribution in [0.4, 0.5) is 0 Å². The van der Waals surface area contributed by atoms with Crippen LogP contribution in [0.3, 0.4) is 0 Å². The molecule has 2 aromatic rings. The Morgan fingerprint density at radius 1 is 1.15 bits per heavy atom. The highest BCUT2D eigenvalue weighted by Gasteiger charge is 2.12. The van der Waals surface area contributed by atoms with Crippen molar-refractivity contribution in [2.75, 3.05) is 0 Å². The molecule has 2 aromatic carbocycles. The maximum absolute atomic E-state index is 11.1. The Balaban J connectivity index is 2.17.